The van der Waals surface area contributed by atoms with Gasteiger partial charge in [0.25, 0.3) is 0 Å². The predicted octanol–water partition coefficient (Wildman–Crippen LogP) is 4.18. The number of hydrogen-bond donors (Lipinski definition) is 1. The summed E-state index contributed by atoms with van der Waals surface area (Å²) < 4.78 is 11.0. The number of esters is 1. The maximum atomic E-state index is 12.6. The van der Waals surface area contributed by atoms with Crippen molar-refractivity contribution in [1.29, 1.82) is 0 Å². The number of carbonyl (C=O) groups excluding carboxylic acids is 1. The molecule has 0 bridgehead atoms. The summed E-state index contributed by atoms with van der Waals surface area (Å²) in [5, 5.41) is 12.6. The van der Waals surface area contributed by atoms with Crippen molar-refractivity contribution in [2.24, 2.45) is 0 Å². The number of ether oxygens (including phenoxy) is 1. The van der Waals surface area contributed by atoms with Gasteiger partial charge in [-0.25, -0.2) is 0 Å². The van der Waals surface area contributed by atoms with Gasteiger partial charge in [0.15, 0.2) is 5.76 Å². The molecule has 0 spiro atoms. The van der Waals surface area contributed by atoms with Crippen molar-refractivity contribution >= 4 is 16.7 Å². The van der Waals surface area contributed by atoms with Crippen LogP contribution in [0.5, 0.6) is 5.75 Å². The Morgan fingerprint density at radius 2 is 1.87 bits per heavy atom. The van der Waals surface area contributed by atoms with Crippen LogP contribution in [0.2, 0.25) is 0 Å². The maximum absolute atomic E-state index is 12.6. The molecule has 2 aromatic carbocycles. The standard InChI is InChI=1S/C25H27NO5/c1-30-23(28)15-21(20-11-7-9-17-8-3-4-10-19(17)20)25-24(29)22(27)14-18(31-25)16-26-12-5-2-6-13-26/h3-4,7-11,14,21,29H,2,5-6,12-13,15-16H2,1H3/t21-/m1/s1. The highest BCUT2D eigenvalue weighted by Crippen LogP contribution is 2.37. The molecule has 6 heteroatoms. The second kappa shape index (κ2) is 9.35. The summed E-state index contributed by atoms with van der Waals surface area (Å²) in [6.45, 7) is 2.41. The Morgan fingerprint density at radius 1 is 1.13 bits per heavy atom. The van der Waals surface area contributed by atoms with Crippen LogP contribution in [-0.4, -0.2) is 36.2 Å². The van der Waals surface area contributed by atoms with Gasteiger partial charge < -0.3 is 14.3 Å². The lowest BCUT2D eigenvalue weighted by Crippen LogP contribution is -2.29. The van der Waals surface area contributed by atoms with E-state index in [0.717, 1.165) is 42.3 Å². The molecule has 0 aliphatic carbocycles. The molecule has 1 fully saturated rings. The lowest BCUT2D eigenvalue weighted by molar-refractivity contribution is -0.140. The molecule has 31 heavy (non-hydrogen) atoms. The summed E-state index contributed by atoms with van der Waals surface area (Å²) >= 11 is 0. The molecule has 0 amide bonds. The average molecular weight is 421 g/mol. The first kappa shape index (κ1) is 21.1. The van der Waals surface area contributed by atoms with E-state index < -0.39 is 23.1 Å². The van der Waals surface area contributed by atoms with Gasteiger partial charge in [0.1, 0.15) is 5.76 Å². The average Bonchev–Trinajstić information content (AvgIpc) is 2.80. The van der Waals surface area contributed by atoms with Crippen molar-refractivity contribution in [2.75, 3.05) is 20.2 Å². The van der Waals surface area contributed by atoms with E-state index in [9.17, 15) is 14.7 Å². The van der Waals surface area contributed by atoms with Crippen molar-refractivity contribution in [3.05, 3.63) is 75.8 Å². The number of hydrogen-bond acceptors (Lipinski definition) is 6. The molecule has 1 saturated heterocycles. The summed E-state index contributed by atoms with van der Waals surface area (Å²) in [5.74, 6) is -0.936. The minimum atomic E-state index is -0.646. The first-order valence-electron chi connectivity index (χ1n) is 10.7. The molecular weight excluding hydrogens is 394 g/mol. The fraction of sp³-hybridized carbons (Fsp3) is 0.360. The molecule has 0 saturated carbocycles. The second-order valence-electron chi connectivity index (χ2n) is 8.03. The zero-order valence-electron chi connectivity index (χ0n) is 17.7. The van der Waals surface area contributed by atoms with E-state index in [4.69, 9.17) is 9.15 Å². The van der Waals surface area contributed by atoms with Gasteiger partial charge in [-0.15, -0.1) is 0 Å². The van der Waals surface area contributed by atoms with Crippen LogP contribution in [0.3, 0.4) is 0 Å². The number of nitrogens with zero attached hydrogens (tertiary/aromatic N) is 1. The normalized spacial score (nSPS) is 15.6. The summed E-state index contributed by atoms with van der Waals surface area (Å²) in [6, 6.07) is 14.9. The number of methoxy groups -OCH3 is 1. The fourth-order valence-corrected chi connectivity index (χ4v) is 4.36. The zero-order valence-corrected chi connectivity index (χ0v) is 17.7. The van der Waals surface area contributed by atoms with Gasteiger partial charge in [0.2, 0.25) is 11.2 Å². The van der Waals surface area contributed by atoms with Crippen LogP contribution in [0, 0.1) is 0 Å². The van der Waals surface area contributed by atoms with E-state index in [1.165, 1.54) is 19.6 Å². The number of carbonyl (C=O) groups is 1. The number of piperidine rings is 1. The predicted molar refractivity (Wildman–Crippen MR) is 118 cm³/mol. The summed E-state index contributed by atoms with van der Waals surface area (Å²) in [7, 11) is 1.32. The molecule has 6 nitrogen and oxygen atoms in total. The van der Waals surface area contributed by atoms with Gasteiger partial charge >= 0.3 is 5.97 Å². The Bertz CT molecular complexity index is 1120. The number of benzene rings is 2. The first-order chi connectivity index (χ1) is 15.1. The van der Waals surface area contributed by atoms with Crippen LogP contribution < -0.4 is 5.43 Å². The highest BCUT2D eigenvalue weighted by Gasteiger charge is 2.28. The Balaban J connectivity index is 1.81. The van der Waals surface area contributed by atoms with Crippen molar-refractivity contribution in [3.8, 4) is 5.75 Å². The topological polar surface area (TPSA) is 80.0 Å². The van der Waals surface area contributed by atoms with E-state index in [-0.39, 0.29) is 12.2 Å². The second-order valence-corrected chi connectivity index (χ2v) is 8.03. The third-order valence-corrected chi connectivity index (χ3v) is 5.94. The van der Waals surface area contributed by atoms with Crippen LogP contribution in [0.15, 0.2) is 57.7 Å². The van der Waals surface area contributed by atoms with Crippen LogP contribution in [0.4, 0.5) is 0 Å². The Hall–Kier alpha value is -3.12. The molecule has 0 radical (unpaired) electrons. The molecule has 1 N–H and O–H groups in total. The number of rotatable bonds is 6. The fourth-order valence-electron chi connectivity index (χ4n) is 4.36. The van der Waals surface area contributed by atoms with Crippen molar-refractivity contribution < 1.29 is 19.1 Å². The molecule has 1 aromatic heterocycles. The zero-order chi connectivity index (χ0) is 21.8. The molecule has 1 aliphatic heterocycles. The Labute approximate surface area is 181 Å². The molecule has 2 heterocycles. The molecule has 1 aliphatic rings. The summed E-state index contributed by atoms with van der Waals surface area (Å²) in [5.41, 5.74) is 0.306. The molecule has 1 atom stereocenters. The van der Waals surface area contributed by atoms with Gasteiger partial charge in [0, 0.05) is 6.07 Å². The quantitative estimate of drug-likeness (QED) is 0.602. The van der Waals surface area contributed by atoms with Crippen molar-refractivity contribution in [3.63, 3.8) is 0 Å². The Morgan fingerprint density at radius 3 is 2.65 bits per heavy atom. The monoisotopic (exact) mass is 421 g/mol. The number of aromatic hydroxyl groups is 1. The minimum Gasteiger partial charge on any atom is -0.502 e. The summed E-state index contributed by atoms with van der Waals surface area (Å²) in [4.78, 5) is 27.1. The third-order valence-electron chi connectivity index (χ3n) is 5.94. The largest absolute Gasteiger partial charge is 0.502 e. The first-order valence-corrected chi connectivity index (χ1v) is 10.7. The maximum Gasteiger partial charge on any atom is 0.306 e. The van der Waals surface area contributed by atoms with E-state index in [0.29, 0.717) is 12.3 Å². The molecular formula is C25H27NO5. The summed E-state index contributed by atoms with van der Waals surface area (Å²) in [6.07, 6.45) is 3.41. The SMILES string of the molecule is COC(=O)C[C@@H](c1oc(CN2CCCCC2)cc(=O)c1O)c1cccc2ccccc12. The van der Waals surface area contributed by atoms with Crippen molar-refractivity contribution in [1.82, 2.24) is 4.90 Å². The molecule has 3 aromatic rings. The lowest BCUT2D eigenvalue weighted by Gasteiger charge is -2.26. The van der Waals surface area contributed by atoms with E-state index in [1.807, 2.05) is 42.5 Å². The van der Waals surface area contributed by atoms with Gasteiger partial charge in [-0.3, -0.25) is 14.5 Å². The van der Waals surface area contributed by atoms with Crippen molar-refractivity contribution in [2.45, 2.75) is 38.1 Å². The van der Waals surface area contributed by atoms with Gasteiger partial charge in [-0.05, 0) is 42.3 Å². The lowest BCUT2D eigenvalue weighted by atomic mass is 9.88. The third kappa shape index (κ3) is 4.64. The van der Waals surface area contributed by atoms with Crippen LogP contribution >= 0.6 is 0 Å². The Kier molecular flexibility index (Phi) is 6.37. The molecule has 162 valence electrons. The molecule has 4 rings (SSSR count). The number of likely N-dealkylation sites (tertiary alicyclic amines) is 1. The molecule has 0 unspecified atom stereocenters. The van der Waals surface area contributed by atoms with Crippen LogP contribution in [0.25, 0.3) is 10.8 Å². The highest BCUT2D eigenvalue weighted by atomic mass is 16.5. The van der Waals surface area contributed by atoms with E-state index in [1.54, 1.807) is 0 Å². The van der Waals surface area contributed by atoms with Crippen LogP contribution in [-0.2, 0) is 16.1 Å². The van der Waals surface area contributed by atoms with Gasteiger partial charge in [-0.2, -0.15) is 0 Å². The smallest absolute Gasteiger partial charge is 0.306 e. The van der Waals surface area contributed by atoms with E-state index in [2.05, 4.69) is 4.90 Å². The minimum absolute atomic E-state index is 0.0474. The van der Waals surface area contributed by atoms with Gasteiger partial charge in [0.05, 0.1) is 26.0 Å². The van der Waals surface area contributed by atoms with Crippen LogP contribution in [0.1, 0.15) is 48.7 Å². The van der Waals surface area contributed by atoms with Gasteiger partial charge in [-0.1, -0.05) is 48.9 Å². The number of fused-ring (bicyclic) bond motifs is 1. The highest BCUT2D eigenvalue weighted by molar-refractivity contribution is 5.87. The van der Waals surface area contributed by atoms with E-state index >= 15 is 0 Å².